The highest BCUT2D eigenvalue weighted by Gasteiger charge is 2.39. The van der Waals surface area contributed by atoms with Gasteiger partial charge in [-0.3, -0.25) is 0 Å². The Bertz CT molecular complexity index is 2200. The van der Waals surface area contributed by atoms with Crippen molar-refractivity contribution in [1.29, 1.82) is 0 Å². The molecule has 0 saturated heterocycles. The summed E-state index contributed by atoms with van der Waals surface area (Å²) in [4.78, 5) is 23.1. The molecule has 0 radical (unpaired) electrons. The molecule has 0 fully saturated rings. The molecule has 0 bridgehead atoms. The lowest BCUT2D eigenvalue weighted by Gasteiger charge is -2.28. The van der Waals surface area contributed by atoms with Gasteiger partial charge in [0.15, 0.2) is 17.2 Å². The highest BCUT2D eigenvalue weighted by molar-refractivity contribution is 6.36. The first-order valence-electron chi connectivity index (χ1n) is 12.5. The van der Waals surface area contributed by atoms with Gasteiger partial charge < -0.3 is 9.15 Å². The monoisotopic (exact) mass is 562 g/mol. The van der Waals surface area contributed by atoms with E-state index in [9.17, 15) is 4.79 Å². The largest absolute Gasteiger partial charge is 0.437 e. The quantitative estimate of drug-likeness (QED) is 0.201. The number of para-hydroxylation sites is 1. The molecule has 40 heavy (non-hydrogen) atoms. The van der Waals surface area contributed by atoms with Crippen molar-refractivity contribution in [3.63, 3.8) is 0 Å². The summed E-state index contributed by atoms with van der Waals surface area (Å²) in [6.45, 7) is 0. The summed E-state index contributed by atoms with van der Waals surface area (Å²) in [5, 5.41) is 8.32. The molecule has 192 valence electrons. The highest BCUT2D eigenvalue weighted by Crippen LogP contribution is 2.51. The van der Waals surface area contributed by atoms with Crippen LogP contribution in [0.2, 0.25) is 10.0 Å². The van der Waals surface area contributed by atoms with E-state index in [0.29, 0.717) is 49.4 Å². The predicted molar refractivity (Wildman–Crippen MR) is 154 cm³/mol. The Morgan fingerprint density at radius 1 is 0.800 bits per heavy atom. The van der Waals surface area contributed by atoms with Gasteiger partial charge in [0, 0.05) is 21.2 Å². The third-order valence-electron chi connectivity index (χ3n) is 7.26. The standard InChI is InChI=1S/C31H16Cl2N4O3/c32-20-9-5-10-21(33)23(20)24-25-27(19-8-3-4-11-22(19)39-31(25)38)40-30-26(24)29-35-28(36-37(29)15-34-30)18-13-12-16-6-1-2-7-17(16)14-18/h1-15,24H. The fraction of sp³-hybridized carbons (Fsp3) is 0.0323. The fourth-order valence-corrected chi connectivity index (χ4v) is 6.07. The van der Waals surface area contributed by atoms with Gasteiger partial charge in [0.25, 0.3) is 0 Å². The molecule has 0 amide bonds. The first-order chi connectivity index (χ1) is 19.6. The number of halogens is 2. The van der Waals surface area contributed by atoms with E-state index in [-0.39, 0.29) is 11.4 Å². The lowest BCUT2D eigenvalue weighted by molar-refractivity contribution is 0.422. The van der Waals surface area contributed by atoms with Gasteiger partial charge in [-0.05, 0) is 41.1 Å². The van der Waals surface area contributed by atoms with Crippen molar-refractivity contribution in [2.75, 3.05) is 0 Å². The van der Waals surface area contributed by atoms with Crippen LogP contribution in [0.5, 0.6) is 11.6 Å². The number of benzene rings is 4. The van der Waals surface area contributed by atoms with Crippen molar-refractivity contribution in [3.8, 4) is 23.0 Å². The van der Waals surface area contributed by atoms with Crippen LogP contribution in [0.4, 0.5) is 0 Å². The number of rotatable bonds is 2. The summed E-state index contributed by atoms with van der Waals surface area (Å²) in [6.07, 6.45) is 1.55. The molecule has 1 atom stereocenters. The Morgan fingerprint density at radius 3 is 2.42 bits per heavy atom. The van der Waals surface area contributed by atoms with Crippen molar-refractivity contribution in [2.24, 2.45) is 0 Å². The number of hydrogen-bond donors (Lipinski definition) is 0. The second-order valence-electron chi connectivity index (χ2n) is 9.53. The van der Waals surface area contributed by atoms with E-state index in [0.717, 1.165) is 16.3 Å². The molecule has 8 rings (SSSR count). The maximum atomic E-state index is 13.6. The minimum Gasteiger partial charge on any atom is -0.437 e. The lowest BCUT2D eigenvalue weighted by atomic mass is 9.84. The van der Waals surface area contributed by atoms with E-state index in [4.69, 9.17) is 42.4 Å². The van der Waals surface area contributed by atoms with Gasteiger partial charge >= 0.3 is 5.63 Å². The van der Waals surface area contributed by atoms with Gasteiger partial charge in [0.1, 0.15) is 11.9 Å². The average molecular weight is 563 g/mol. The number of hydrogen-bond acceptors (Lipinski definition) is 6. The fourth-order valence-electron chi connectivity index (χ4n) is 5.46. The molecule has 4 aromatic carbocycles. The Kier molecular flexibility index (Phi) is 5.01. The van der Waals surface area contributed by atoms with Gasteiger partial charge in [-0.1, -0.05) is 77.8 Å². The van der Waals surface area contributed by atoms with Gasteiger partial charge in [-0.25, -0.2) is 19.3 Å². The Hall–Kier alpha value is -4.72. The number of aromatic nitrogens is 4. The minimum absolute atomic E-state index is 0.270. The molecule has 7 nitrogen and oxygen atoms in total. The number of nitrogens with zero attached hydrogens (tertiary/aromatic N) is 4. The summed E-state index contributed by atoms with van der Waals surface area (Å²) in [5.41, 5.74) is 2.47. The van der Waals surface area contributed by atoms with Crippen molar-refractivity contribution in [3.05, 3.63) is 128 Å². The Balaban J connectivity index is 1.43. The van der Waals surface area contributed by atoms with Crippen LogP contribution in [0.1, 0.15) is 22.6 Å². The van der Waals surface area contributed by atoms with E-state index in [1.54, 1.807) is 41.2 Å². The number of ether oxygens (including phenoxy) is 1. The molecular weight excluding hydrogens is 547 g/mol. The maximum Gasteiger partial charge on any atom is 0.344 e. The minimum atomic E-state index is -0.773. The third kappa shape index (κ3) is 3.38. The van der Waals surface area contributed by atoms with Crippen LogP contribution in [0.15, 0.2) is 100 Å². The van der Waals surface area contributed by atoms with Crippen molar-refractivity contribution < 1.29 is 9.15 Å². The van der Waals surface area contributed by atoms with E-state index >= 15 is 0 Å². The van der Waals surface area contributed by atoms with Gasteiger partial charge in [0.05, 0.1) is 22.4 Å². The van der Waals surface area contributed by atoms with Crippen LogP contribution >= 0.6 is 23.2 Å². The van der Waals surface area contributed by atoms with Crippen molar-refractivity contribution in [1.82, 2.24) is 19.6 Å². The van der Waals surface area contributed by atoms with Crippen molar-refractivity contribution >= 4 is 50.6 Å². The van der Waals surface area contributed by atoms with Gasteiger partial charge in [-0.2, -0.15) is 0 Å². The molecule has 9 heteroatoms. The second kappa shape index (κ2) is 8.64. The van der Waals surface area contributed by atoms with Crippen LogP contribution in [-0.4, -0.2) is 19.6 Å². The maximum absolute atomic E-state index is 13.6. The summed E-state index contributed by atoms with van der Waals surface area (Å²) < 4.78 is 13.7. The van der Waals surface area contributed by atoms with E-state index in [1.165, 1.54) is 0 Å². The summed E-state index contributed by atoms with van der Waals surface area (Å²) in [6, 6.07) is 26.6. The van der Waals surface area contributed by atoms with E-state index < -0.39 is 11.5 Å². The first kappa shape index (κ1) is 23.2. The Morgan fingerprint density at radius 2 is 1.57 bits per heavy atom. The topological polar surface area (TPSA) is 82.5 Å². The van der Waals surface area contributed by atoms with Crippen LogP contribution in [0.3, 0.4) is 0 Å². The molecule has 0 saturated carbocycles. The van der Waals surface area contributed by atoms with Crippen LogP contribution in [-0.2, 0) is 0 Å². The average Bonchev–Trinajstić information content (AvgIpc) is 3.41. The van der Waals surface area contributed by atoms with Crippen LogP contribution in [0, 0.1) is 0 Å². The second-order valence-corrected chi connectivity index (χ2v) is 10.3. The van der Waals surface area contributed by atoms with E-state index in [2.05, 4.69) is 11.1 Å². The molecule has 4 heterocycles. The SMILES string of the molecule is O=c1oc2ccccc2c2c1C(c1c(Cl)cccc1Cl)c1c(ncn3nc(-c4ccc5ccccc5c4)nc13)O2. The smallest absolute Gasteiger partial charge is 0.344 e. The summed E-state index contributed by atoms with van der Waals surface area (Å²) >= 11 is 13.5. The first-order valence-corrected chi connectivity index (χ1v) is 13.2. The van der Waals surface area contributed by atoms with Crippen LogP contribution < -0.4 is 10.4 Å². The zero-order valence-corrected chi connectivity index (χ0v) is 22.0. The summed E-state index contributed by atoms with van der Waals surface area (Å²) in [7, 11) is 0. The Labute approximate surface area is 236 Å². The zero-order valence-electron chi connectivity index (χ0n) is 20.5. The lowest BCUT2D eigenvalue weighted by Crippen LogP contribution is -2.22. The molecule has 0 spiro atoms. The molecule has 7 aromatic rings. The normalized spacial score (nSPS) is 14.3. The molecular formula is C31H16Cl2N4O3. The molecule has 3 aromatic heterocycles. The molecule has 1 aliphatic rings. The van der Waals surface area contributed by atoms with Crippen molar-refractivity contribution in [2.45, 2.75) is 5.92 Å². The summed E-state index contributed by atoms with van der Waals surface area (Å²) in [5.74, 6) is 0.368. The third-order valence-corrected chi connectivity index (χ3v) is 7.92. The highest BCUT2D eigenvalue weighted by atomic mass is 35.5. The predicted octanol–water partition coefficient (Wildman–Crippen LogP) is 7.64. The van der Waals surface area contributed by atoms with E-state index in [1.807, 2.05) is 48.5 Å². The van der Waals surface area contributed by atoms with Gasteiger partial charge in [-0.15, -0.1) is 5.10 Å². The van der Waals surface area contributed by atoms with Gasteiger partial charge in [0.2, 0.25) is 5.88 Å². The molecule has 0 N–H and O–H groups in total. The molecule has 1 aliphatic heterocycles. The van der Waals surface area contributed by atoms with Crippen LogP contribution in [0.25, 0.3) is 38.8 Å². The molecule has 1 unspecified atom stereocenters. The number of fused-ring (bicyclic) bond motifs is 7. The molecule has 0 aliphatic carbocycles. The zero-order chi connectivity index (χ0) is 27.0.